The minimum absolute atomic E-state index is 0.621. The predicted molar refractivity (Wildman–Crippen MR) is 69.4 cm³/mol. The van der Waals surface area contributed by atoms with E-state index in [0.29, 0.717) is 6.04 Å². The van der Waals surface area contributed by atoms with Gasteiger partial charge in [0.1, 0.15) is 0 Å². The van der Waals surface area contributed by atoms with Gasteiger partial charge in [-0.25, -0.2) is 0 Å². The molecular weight excluding hydrogens is 196 g/mol. The third kappa shape index (κ3) is 2.57. The first-order valence-electron chi connectivity index (χ1n) is 6.10. The van der Waals surface area contributed by atoms with E-state index in [9.17, 15) is 0 Å². The second kappa shape index (κ2) is 5.59. The summed E-state index contributed by atoms with van der Waals surface area (Å²) in [7, 11) is 0. The fraction of sp³-hybridized carbons (Fsp3) is 0.429. The Hall–Kier alpha value is -1.44. The standard InChI is InChI=1S/C14H20N2/c15-11-6-10-14-9-4-5-12-16(14)13-7-2-1-3-8-13/h1-3,6-8,11,14H,4-5,9-10,12,15H2. The monoisotopic (exact) mass is 216 g/mol. The van der Waals surface area contributed by atoms with Crippen molar-refractivity contribution in [3.8, 4) is 0 Å². The Morgan fingerprint density at radius 2 is 2.06 bits per heavy atom. The number of nitrogens with zero attached hydrogens (tertiary/aromatic N) is 1. The Kier molecular flexibility index (Phi) is 3.86. The molecule has 1 atom stereocenters. The van der Waals surface area contributed by atoms with Crippen molar-refractivity contribution < 1.29 is 0 Å². The summed E-state index contributed by atoms with van der Waals surface area (Å²) in [6.07, 6.45) is 8.72. The van der Waals surface area contributed by atoms with Gasteiger partial charge < -0.3 is 10.6 Å². The summed E-state index contributed by atoms with van der Waals surface area (Å²) < 4.78 is 0. The molecule has 0 bridgehead atoms. The van der Waals surface area contributed by atoms with Gasteiger partial charge in [0.15, 0.2) is 0 Å². The maximum Gasteiger partial charge on any atom is 0.0368 e. The molecule has 1 aliphatic rings. The van der Waals surface area contributed by atoms with E-state index >= 15 is 0 Å². The van der Waals surface area contributed by atoms with Crippen molar-refractivity contribution in [2.24, 2.45) is 5.73 Å². The third-order valence-corrected chi connectivity index (χ3v) is 3.26. The summed E-state index contributed by atoms with van der Waals surface area (Å²) in [5, 5.41) is 0. The summed E-state index contributed by atoms with van der Waals surface area (Å²) in [6.45, 7) is 1.17. The van der Waals surface area contributed by atoms with E-state index in [-0.39, 0.29) is 0 Å². The van der Waals surface area contributed by atoms with E-state index in [1.165, 1.54) is 31.5 Å². The largest absolute Gasteiger partial charge is 0.405 e. The number of para-hydroxylation sites is 1. The van der Waals surface area contributed by atoms with Gasteiger partial charge >= 0.3 is 0 Å². The van der Waals surface area contributed by atoms with Gasteiger partial charge in [0.25, 0.3) is 0 Å². The molecule has 2 nitrogen and oxygen atoms in total. The van der Waals surface area contributed by atoms with Gasteiger partial charge in [-0.15, -0.1) is 0 Å². The zero-order valence-electron chi connectivity index (χ0n) is 9.68. The second-order valence-corrected chi connectivity index (χ2v) is 4.34. The molecule has 0 radical (unpaired) electrons. The van der Waals surface area contributed by atoms with Crippen molar-refractivity contribution in [3.63, 3.8) is 0 Å². The highest BCUT2D eigenvalue weighted by atomic mass is 15.2. The number of hydrogen-bond donors (Lipinski definition) is 1. The molecule has 0 aromatic heterocycles. The Morgan fingerprint density at radius 1 is 1.25 bits per heavy atom. The average Bonchev–Trinajstić information content (AvgIpc) is 2.38. The average molecular weight is 216 g/mol. The first-order valence-corrected chi connectivity index (χ1v) is 6.10. The lowest BCUT2D eigenvalue weighted by atomic mass is 9.98. The molecule has 1 heterocycles. The Balaban J connectivity index is 2.10. The van der Waals surface area contributed by atoms with E-state index in [2.05, 4.69) is 41.3 Å². The predicted octanol–water partition coefficient (Wildman–Crippen LogP) is 2.91. The van der Waals surface area contributed by atoms with Crippen molar-refractivity contribution in [1.82, 2.24) is 0 Å². The van der Waals surface area contributed by atoms with Crippen LogP contribution in [-0.2, 0) is 0 Å². The lowest BCUT2D eigenvalue weighted by molar-refractivity contribution is 0.462. The highest BCUT2D eigenvalue weighted by Gasteiger charge is 2.21. The van der Waals surface area contributed by atoms with Crippen LogP contribution in [0.3, 0.4) is 0 Å². The molecule has 0 saturated carbocycles. The van der Waals surface area contributed by atoms with Gasteiger partial charge in [0.05, 0.1) is 0 Å². The van der Waals surface area contributed by atoms with Crippen LogP contribution in [0.5, 0.6) is 0 Å². The molecule has 1 aromatic carbocycles. The number of nitrogens with two attached hydrogens (primary N) is 1. The second-order valence-electron chi connectivity index (χ2n) is 4.34. The van der Waals surface area contributed by atoms with Crippen molar-refractivity contribution in [1.29, 1.82) is 0 Å². The van der Waals surface area contributed by atoms with Crippen LogP contribution in [0.1, 0.15) is 25.7 Å². The number of anilines is 1. The van der Waals surface area contributed by atoms with Crippen molar-refractivity contribution in [3.05, 3.63) is 42.6 Å². The molecule has 0 aliphatic carbocycles. The minimum atomic E-state index is 0.621. The Bertz CT molecular complexity index is 332. The Labute approximate surface area is 97.8 Å². The summed E-state index contributed by atoms with van der Waals surface area (Å²) >= 11 is 0. The van der Waals surface area contributed by atoms with Gasteiger partial charge in [-0.2, -0.15) is 0 Å². The molecule has 2 N–H and O–H groups in total. The van der Waals surface area contributed by atoms with Gasteiger partial charge in [-0.1, -0.05) is 24.3 Å². The molecule has 2 rings (SSSR count). The van der Waals surface area contributed by atoms with Gasteiger partial charge in [0.2, 0.25) is 0 Å². The zero-order chi connectivity index (χ0) is 11.2. The van der Waals surface area contributed by atoms with Crippen LogP contribution < -0.4 is 10.6 Å². The molecule has 1 aliphatic heterocycles. The topological polar surface area (TPSA) is 29.3 Å². The molecular formula is C14H20N2. The molecule has 1 fully saturated rings. The zero-order valence-corrected chi connectivity index (χ0v) is 9.68. The summed E-state index contributed by atoms with van der Waals surface area (Å²) in [5.74, 6) is 0. The number of hydrogen-bond acceptors (Lipinski definition) is 2. The van der Waals surface area contributed by atoms with Crippen LogP contribution in [0.4, 0.5) is 5.69 Å². The molecule has 2 heteroatoms. The lowest BCUT2D eigenvalue weighted by Crippen LogP contribution is -2.39. The highest BCUT2D eigenvalue weighted by molar-refractivity contribution is 5.47. The van der Waals surface area contributed by atoms with E-state index in [0.717, 1.165) is 6.42 Å². The van der Waals surface area contributed by atoms with E-state index in [1.807, 2.05) is 0 Å². The van der Waals surface area contributed by atoms with Crippen molar-refractivity contribution in [2.75, 3.05) is 11.4 Å². The van der Waals surface area contributed by atoms with Crippen molar-refractivity contribution in [2.45, 2.75) is 31.7 Å². The van der Waals surface area contributed by atoms with Crippen LogP contribution >= 0.6 is 0 Å². The number of rotatable bonds is 3. The van der Waals surface area contributed by atoms with Crippen molar-refractivity contribution >= 4 is 5.69 Å². The molecule has 86 valence electrons. The Morgan fingerprint density at radius 3 is 2.81 bits per heavy atom. The quantitative estimate of drug-likeness (QED) is 0.841. The summed E-state index contributed by atoms with van der Waals surface area (Å²) in [6, 6.07) is 11.3. The first kappa shape index (κ1) is 11.1. The summed E-state index contributed by atoms with van der Waals surface area (Å²) in [4.78, 5) is 2.52. The van der Waals surface area contributed by atoms with Gasteiger partial charge in [-0.3, -0.25) is 0 Å². The van der Waals surface area contributed by atoms with Crippen LogP contribution in [0, 0.1) is 0 Å². The van der Waals surface area contributed by atoms with E-state index < -0.39 is 0 Å². The van der Waals surface area contributed by atoms with Crippen LogP contribution in [0.2, 0.25) is 0 Å². The number of benzene rings is 1. The maximum absolute atomic E-state index is 5.43. The summed E-state index contributed by atoms with van der Waals surface area (Å²) in [5.41, 5.74) is 6.78. The molecule has 0 amide bonds. The third-order valence-electron chi connectivity index (χ3n) is 3.26. The normalized spacial score (nSPS) is 21.5. The van der Waals surface area contributed by atoms with Crippen LogP contribution in [0.15, 0.2) is 42.6 Å². The smallest absolute Gasteiger partial charge is 0.0368 e. The minimum Gasteiger partial charge on any atom is -0.405 e. The molecule has 1 unspecified atom stereocenters. The molecule has 0 spiro atoms. The van der Waals surface area contributed by atoms with E-state index in [4.69, 9.17) is 5.73 Å². The number of piperidine rings is 1. The highest BCUT2D eigenvalue weighted by Crippen LogP contribution is 2.26. The maximum atomic E-state index is 5.43. The first-order chi connectivity index (χ1) is 7.92. The van der Waals surface area contributed by atoms with Crippen LogP contribution in [-0.4, -0.2) is 12.6 Å². The molecule has 1 saturated heterocycles. The fourth-order valence-electron chi connectivity index (χ4n) is 2.44. The SMILES string of the molecule is NC=CCC1CCCCN1c1ccccc1. The van der Waals surface area contributed by atoms with Gasteiger partial charge in [0, 0.05) is 18.3 Å². The van der Waals surface area contributed by atoms with Gasteiger partial charge in [-0.05, 0) is 44.0 Å². The van der Waals surface area contributed by atoms with Crippen LogP contribution in [0.25, 0.3) is 0 Å². The van der Waals surface area contributed by atoms with E-state index in [1.54, 1.807) is 6.20 Å². The lowest BCUT2D eigenvalue weighted by Gasteiger charge is -2.37. The fourth-order valence-corrected chi connectivity index (χ4v) is 2.44. The molecule has 1 aromatic rings. The molecule has 16 heavy (non-hydrogen) atoms.